The zero-order chi connectivity index (χ0) is 12.3. The van der Waals surface area contributed by atoms with Crippen LogP contribution < -0.4 is 10.9 Å². The van der Waals surface area contributed by atoms with E-state index in [9.17, 15) is 4.79 Å². The predicted molar refractivity (Wildman–Crippen MR) is 71.1 cm³/mol. The molecule has 0 radical (unpaired) electrons. The number of benzene rings is 1. The lowest BCUT2D eigenvalue weighted by atomic mass is 10.1. The quantitative estimate of drug-likeness (QED) is 0.914. The Bertz CT molecular complexity index is 580. The maximum atomic E-state index is 11.3. The Balaban J connectivity index is 2.13. The molecule has 5 heteroatoms. The highest BCUT2D eigenvalue weighted by Gasteiger charge is 2.04. The summed E-state index contributed by atoms with van der Waals surface area (Å²) in [4.78, 5) is 17.9. The van der Waals surface area contributed by atoms with Gasteiger partial charge in [0.2, 0.25) is 0 Å². The third kappa shape index (κ3) is 2.94. The predicted octanol–water partition coefficient (Wildman–Crippen LogP) is 2.45. The van der Waals surface area contributed by atoms with Crippen molar-refractivity contribution in [1.29, 1.82) is 0 Å². The Morgan fingerprint density at radius 1 is 1.47 bits per heavy atom. The molecule has 0 saturated carbocycles. The lowest BCUT2D eigenvalue weighted by Crippen LogP contribution is -2.12. The number of nitrogens with one attached hydrogen (secondary N) is 2. The van der Waals surface area contributed by atoms with Gasteiger partial charge in [-0.2, -0.15) is 0 Å². The van der Waals surface area contributed by atoms with Gasteiger partial charge >= 0.3 is 0 Å². The number of anilines is 1. The lowest BCUT2D eigenvalue weighted by molar-refractivity contribution is 1.05. The van der Waals surface area contributed by atoms with Crippen molar-refractivity contribution in [3.63, 3.8) is 0 Å². The Hall–Kier alpha value is -1.62. The molecule has 0 aliphatic rings. The molecular weight excluding hydrogens is 282 g/mol. The van der Waals surface area contributed by atoms with Crippen LogP contribution in [0.15, 0.2) is 39.9 Å². The number of aryl methyl sites for hydroxylation is 1. The van der Waals surface area contributed by atoms with Gasteiger partial charge in [-0.3, -0.25) is 4.79 Å². The molecule has 0 bridgehead atoms. The summed E-state index contributed by atoms with van der Waals surface area (Å²) in [5.74, 6) is 0.551. The molecule has 0 amide bonds. The molecule has 0 atom stereocenters. The maximum absolute atomic E-state index is 11.3. The molecule has 1 aromatic carbocycles. The molecule has 2 rings (SSSR count). The summed E-state index contributed by atoms with van der Waals surface area (Å²) in [5, 5.41) is 3.12. The standard InChI is InChI=1S/C12H12BrN3O/c1-8-3-2-4-9(5-8)6-14-11-10(13)12(17)16-7-15-11/h2-5,7H,6H2,1H3,(H2,14,15,16,17). The SMILES string of the molecule is Cc1cccc(CNc2nc[nH]c(=O)c2Br)c1. The summed E-state index contributed by atoms with van der Waals surface area (Å²) in [6.07, 6.45) is 1.38. The van der Waals surface area contributed by atoms with E-state index in [2.05, 4.69) is 37.3 Å². The van der Waals surface area contributed by atoms with Crippen LogP contribution in [0.5, 0.6) is 0 Å². The minimum Gasteiger partial charge on any atom is -0.365 e. The van der Waals surface area contributed by atoms with E-state index in [-0.39, 0.29) is 5.56 Å². The minimum absolute atomic E-state index is 0.188. The van der Waals surface area contributed by atoms with Crippen molar-refractivity contribution in [3.8, 4) is 0 Å². The molecule has 1 aromatic heterocycles. The average Bonchev–Trinajstić information content (AvgIpc) is 2.31. The van der Waals surface area contributed by atoms with Gasteiger partial charge in [0.15, 0.2) is 0 Å². The molecule has 17 heavy (non-hydrogen) atoms. The van der Waals surface area contributed by atoms with Crippen LogP contribution in [0.1, 0.15) is 11.1 Å². The van der Waals surface area contributed by atoms with Gasteiger partial charge in [-0.05, 0) is 28.4 Å². The van der Waals surface area contributed by atoms with E-state index < -0.39 is 0 Å². The first-order chi connectivity index (χ1) is 8.16. The van der Waals surface area contributed by atoms with E-state index in [1.807, 2.05) is 25.1 Å². The number of H-pyrrole nitrogens is 1. The summed E-state index contributed by atoms with van der Waals surface area (Å²) >= 11 is 3.20. The van der Waals surface area contributed by atoms with Crippen LogP contribution in [-0.4, -0.2) is 9.97 Å². The van der Waals surface area contributed by atoms with E-state index >= 15 is 0 Å². The third-order valence-corrected chi connectivity index (χ3v) is 3.07. The molecule has 2 aromatic rings. The van der Waals surface area contributed by atoms with E-state index in [1.165, 1.54) is 11.9 Å². The van der Waals surface area contributed by atoms with Crippen LogP contribution >= 0.6 is 15.9 Å². The molecule has 0 fully saturated rings. The number of hydrogen-bond donors (Lipinski definition) is 2. The lowest BCUT2D eigenvalue weighted by Gasteiger charge is -2.07. The van der Waals surface area contributed by atoms with Crippen molar-refractivity contribution < 1.29 is 0 Å². The smallest absolute Gasteiger partial charge is 0.267 e. The van der Waals surface area contributed by atoms with Crippen molar-refractivity contribution in [2.75, 3.05) is 5.32 Å². The fourth-order valence-corrected chi connectivity index (χ4v) is 1.87. The fourth-order valence-electron chi connectivity index (χ4n) is 1.51. The van der Waals surface area contributed by atoms with E-state index in [0.717, 1.165) is 5.56 Å². The Kier molecular flexibility index (Phi) is 3.58. The second-order valence-corrected chi connectivity index (χ2v) is 4.53. The number of aromatic amines is 1. The minimum atomic E-state index is -0.188. The van der Waals surface area contributed by atoms with Gasteiger partial charge in [0, 0.05) is 6.54 Å². The van der Waals surface area contributed by atoms with Crippen molar-refractivity contribution in [3.05, 3.63) is 56.5 Å². The average molecular weight is 294 g/mol. The third-order valence-electron chi connectivity index (χ3n) is 2.34. The van der Waals surface area contributed by atoms with Gasteiger partial charge in [-0.15, -0.1) is 0 Å². The van der Waals surface area contributed by atoms with Gasteiger partial charge in [0.1, 0.15) is 10.3 Å². The van der Waals surface area contributed by atoms with Crippen LogP contribution in [0.3, 0.4) is 0 Å². The van der Waals surface area contributed by atoms with Crippen molar-refractivity contribution in [2.24, 2.45) is 0 Å². The van der Waals surface area contributed by atoms with Gasteiger partial charge in [0.25, 0.3) is 5.56 Å². The van der Waals surface area contributed by atoms with Crippen molar-refractivity contribution in [2.45, 2.75) is 13.5 Å². The van der Waals surface area contributed by atoms with Gasteiger partial charge < -0.3 is 10.3 Å². The number of hydrogen-bond acceptors (Lipinski definition) is 3. The first kappa shape index (κ1) is 11.9. The molecule has 0 unspecified atom stereocenters. The zero-order valence-corrected chi connectivity index (χ0v) is 10.9. The first-order valence-electron chi connectivity index (χ1n) is 5.19. The highest BCUT2D eigenvalue weighted by Crippen LogP contribution is 2.14. The second-order valence-electron chi connectivity index (χ2n) is 3.74. The summed E-state index contributed by atoms with van der Waals surface area (Å²) in [5.41, 5.74) is 2.17. The number of aromatic nitrogens is 2. The van der Waals surface area contributed by atoms with Crippen molar-refractivity contribution >= 4 is 21.7 Å². The Morgan fingerprint density at radius 3 is 3.06 bits per heavy atom. The molecule has 0 aliphatic heterocycles. The van der Waals surface area contributed by atoms with Gasteiger partial charge in [-0.25, -0.2) is 4.98 Å². The topological polar surface area (TPSA) is 57.8 Å². The second kappa shape index (κ2) is 5.14. The van der Waals surface area contributed by atoms with Crippen LogP contribution in [0, 0.1) is 6.92 Å². The molecule has 0 saturated heterocycles. The summed E-state index contributed by atoms with van der Waals surface area (Å²) in [6.45, 7) is 2.68. The first-order valence-corrected chi connectivity index (χ1v) is 5.99. The fraction of sp³-hybridized carbons (Fsp3) is 0.167. The molecule has 4 nitrogen and oxygen atoms in total. The molecule has 0 aliphatic carbocycles. The largest absolute Gasteiger partial charge is 0.365 e. The van der Waals surface area contributed by atoms with Crippen molar-refractivity contribution in [1.82, 2.24) is 9.97 Å². The zero-order valence-electron chi connectivity index (χ0n) is 9.33. The normalized spacial score (nSPS) is 10.2. The number of nitrogens with zero attached hydrogens (tertiary/aromatic N) is 1. The highest BCUT2D eigenvalue weighted by molar-refractivity contribution is 9.10. The summed E-state index contributed by atoms with van der Waals surface area (Å²) in [7, 11) is 0. The Morgan fingerprint density at radius 2 is 2.29 bits per heavy atom. The van der Waals surface area contributed by atoms with E-state index in [4.69, 9.17) is 0 Å². The van der Waals surface area contributed by atoms with Crippen LogP contribution in [0.2, 0.25) is 0 Å². The van der Waals surface area contributed by atoms with Crippen LogP contribution in [0.25, 0.3) is 0 Å². The maximum Gasteiger partial charge on any atom is 0.267 e. The molecule has 88 valence electrons. The summed E-state index contributed by atoms with van der Waals surface area (Å²) in [6, 6.07) is 8.17. The van der Waals surface area contributed by atoms with Crippen LogP contribution in [0.4, 0.5) is 5.82 Å². The van der Waals surface area contributed by atoms with E-state index in [0.29, 0.717) is 16.8 Å². The molecule has 1 heterocycles. The summed E-state index contributed by atoms with van der Waals surface area (Å²) < 4.78 is 0.424. The van der Waals surface area contributed by atoms with Crippen LogP contribution in [-0.2, 0) is 6.54 Å². The monoisotopic (exact) mass is 293 g/mol. The molecule has 2 N–H and O–H groups in total. The highest BCUT2D eigenvalue weighted by atomic mass is 79.9. The van der Waals surface area contributed by atoms with E-state index in [1.54, 1.807) is 0 Å². The number of halogens is 1. The molecule has 0 spiro atoms. The Labute approximate surface area is 107 Å². The molecular formula is C12H12BrN3O. The van der Waals surface area contributed by atoms with Gasteiger partial charge in [0.05, 0.1) is 6.33 Å². The van der Waals surface area contributed by atoms with Gasteiger partial charge in [-0.1, -0.05) is 29.8 Å². The number of rotatable bonds is 3.